The van der Waals surface area contributed by atoms with E-state index in [1.807, 2.05) is 30.0 Å². The maximum Gasteiger partial charge on any atom is 0.254 e. The van der Waals surface area contributed by atoms with Gasteiger partial charge in [0.25, 0.3) is 5.91 Å². The van der Waals surface area contributed by atoms with Gasteiger partial charge in [0.1, 0.15) is 12.7 Å². The van der Waals surface area contributed by atoms with E-state index >= 15 is 0 Å². The Kier molecular flexibility index (Phi) is 6.93. The molecule has 0 bridgehead atoms. The quantitative estimate of drug-likeness (QED) is 0.565. The highest BCUT2D eigenvalue weighted by molar-refractivity contribution is 6.31. The summed E-state index contributed by atoms with van der Waals surface area (Å²) in [4.78, 5) is 31.4. The van der Waals surface area contributed by atoms with Crippen LogP contribution in [0.1, 0.15) is 42.1 Å². The average molecular weight is 467 g/mol. The highest BCUT2D eigenvalue weighted by Crippen LogP contribution is 2.25. The van der Waals surface area contributed by atoms with E-state index in [-0.39, 0.29) is 24.4 Å². The number of nitrogens with one attached hydrogen (secondary N) is 2. The number of amides is 2. The zero-order valence-electron chi connectivity index (χ0n) is 18.7. The lowest BCUT2D eigenvalue weighted by Crippen LogP contribution is -2.42. The molecule has 8 nitrogen and oxygen atoms in total. The Morgan fingerprint density at radius 3 is 2.73 bits per heavy atom. The molecule has 33 heavy (non-hydrogen) atoms. The summed E-state index contributed by atoms with van der Waals surface area (Å²) in [6.45, 7) is 4.89. The summed E-state index contributed by atoms with van der Waals surface area (Å²) in [5.74, 6) is -0.170. The Bertz CT molecular complexity index is 1150. The monoisotopic (exact) mass is 466 g/mol. The molecule has 0 saturated carbocycles. The lowest BCUT2D eigenvalue weighted by molar-refractivity contribution is -0.114. The molecule has 1 saturated heterocycles. The predicted molar refractivity (Wildman–Crippen MR) is 129 cm³/mol. The number of aryl methyl sites for hydroxylation is 1. The minimum atomic E-state index is -0.236. The van der Waals surface area contributed by atoms with Gasteiger partial charge >= 0.3 is 0 Å². The van der Waals surface area contributed by atoms with Crippen molar-refractivity contribution >= 4 is 34.8 Å². The summed E-state index contributed by atoms with van der Waals surface area (Å²) in [6, 6.07) is 11.0. The molecule has 3 aromatic rings. The number of hydrogen-bond donors (Lipinski definition) is 2. The third-order valence-electron chi connectivity index (χ3n) is 5.87. The number of benzene rings is 2. The maximum atomic E-state index is 12.9. The number of rotatable bonds is 6. The van der Waals surface area contributed by atoms with Crippen LogP contribution in [0.3, 0.4) is 0 Å². The molecule has 2 aromatic carbocycles. The normalized spacial score (nSPS) is 15.8. The summed E-state index contributed by atoms with van der Waals surface area (Å²) >= 11 is 6.12. The fourth-order valence-corrected chi connectivity index (χ4v) is 4.24. The Morgan fingerprint density at radius 2 is 2.00 bits per heavy atom. The fourth-order valence-electron chi connectivity index (χ4n) is 4.07. The van der Waals surface area contributed by atoms with Crippen molar-refractivity contribution in [2.75, 3.05) is 23.7 Å². The van der Waals surface area contributed by atoms with Gasteiger partial charge in [-0.2, -0.15) is 5.10 Å². The van der Waals surface area contributed by atoms with Gasteiger partial charge in [-0.3, -0.25) is 9.59 Å². The molecule has 172 valence electrons. The van der Waals surface area contributed by atoms with Crippen molar-refractivity contribution in [1.29, 1.82) is 0 Å². The van der Waals surface area contributed by atoms with E-state index in [9.17, 15) is 9.59 Å². The van der Waals surface area contributed by atoms with Crippen molar-refractivity contribution in [3.05, 3.63) is 65.2 Å². The molecule has 1 aromatic heterocycles. The van der Waals surface area contributed by atoms with Crippen molar-refractivity contribution in [2.24, 2.45) is 0 Å². The number of nitrogens with zero attached hydrogens (tertiary/aromatic N) is 4. The van der Waals surface area contributed by atoms with Crippen molar-refractivity contribution in [2.45, 2.75) is 39.2 Å². The van der Waals surface area contributed by atoms with E-state index in [1.165, 1.54) is 12.7 Å². The number of anilines is 2. The predicted octanol–water partition coefficient (Wildman–Crippen LogP) is 4.29. The van der Waals surface area contributed by atoms with Gasteiger partial charge in [0.15, 0.2) is 0 Å². The zero-order chi connectivity index (χ0) is 23.4. The third-order valence-corrected chi connectivity index (χ3v) is 6.11. The van der Waals surface area contributed by atoms with Crippen LogP contribution in [0, 0.1) is 6.92 Å². The van der Waals surface area contributed by atoms with Crippen molar-refractivity contribution in [3.63, 3.8) is 0 Å². The van der Waals surface area contributed by atoms with Gasteiger partial charge in [0, 0.05) is 28.9 Å². The second-order valence-corrected chi connectivity index (χ2v) is 8.71. The molecular formula is C24H27ClN6O2. The van der Waals surface area contributed by atoms with Gasteiger partial charge in [0.05, 0.1) is 17.9 Å². The Morgan fingerprint density at radius 1 is 1.15 bits per heavy atom. The third kappa shape index (κ3) is 5.34. The first kappa shape index (κ1) is 22.8. The van der Waals surface area contributed by atoms with Gasteiger partial charge in [0.2, 0.25) is 5.91 Å². The van der Waals surface area contributed by atoms with E-state index in [1.54, 1.807) is 29.2 Å². The van der Waals surface area contributed by atoms with Crippen LogP contribution in [0.5, 0.6) is 0 Å². The molecule has 1 atom stereocenters. The lowest BCUT2D eigenvalue weighted by atomic mass is 10.0. The van der Waals surface area contributed by atoms with Crippen LogP contribution in [0.2, 0.25) is 5.02 Å². The average Bonchev–Trinajstić information content (AvgIpc) is 3.33. The summed E-state index contributed by atoms with van der Waals surface area (Å²) < 4.78 is 1.56. The van der Waals surface area contributed by atoms with Crippen LogP contribution in [-0.4, -0.2) is 50.6 Å². The number of halogens is 1. The Balaban J connectivity index is 1.40. The van der Waals surface area contributed by atoms with E-state index in [2.05, 4.69) is 27.6 Å². The topological polar surface area (TPSA) is 92.2 Å². The molecule has 0 aliphatic carbocycles. The Hall–Kier alpha value is -3.39. The summed E-state index contributed by atoms with van der Waals surface area (Å²) in [7, 11) is 0. The van der Waals surface area contributed by atoms with E-state index in [4.69, 9.17) is 11.6 Å². The lowest BCUT2D eigenvalue weighted by Gasteiger charge is -2.33. The molecule has 1 unspecified atom stereocenters. The number of carbonyl (C=O) groups excluding carboxylic acids is 2. The van der Waals surface area contributed by atoms with Gasteiger partial charge in [-0.25, -0.2) is 9.67 Å². The number of carbonyl (C=O) groups is 2. The molecule has 9 heteroatoms. The smallest absolute Gasteiger partial charge is 0.254 e. The van der Waals surface area contributed by atoms with Gasteiger partial charge in [-0.1, -0.05) is 11.6 Å². The van der Waals surface area contributed by atoms with E-state index in [0.717, 1.165) is 30.6 Å². The molecule has 0 radical (unpaired) electrons. The molecule has 2 N–H and O–H groups in total. The van der Waals surface area contributed by atoms with Crippen molar-refractivity contribution in [3.8, 4) is 5.69 Å². The molecular weight excluding hydrogens is 440 g/mol. The van der Waals surface area contributed by atoms with Gasteiger partial charge in [-0.05, 0) is 75.1 Å². The second-order valence-electron chi connectivity index (χ2n) is 8.28. The van der Waals surface area contributed by atoms with Crippen LogP contribution < -0.4 is 10.6 Å². The fraction of sp³-hybridized carbons (Fsp3) is 0.333. The molecule has 2 heterocycles. The van der Waals surface area contributed by atoms with Gasteiger partial charge < -0.3 is 15.5 Å². The molecule has 1 fully saturated rings. The highest BCUT2D eigenvalue weighted by atomic mass is 35.5. The number of hydrogen-bond acceptors (Lipinski definition) is 5. The van der Waals surface area contributed by atoms with Crippen LogP contribution in [0.15, 0.2) is 49.1 Å². The molecule has 1 aliphatic heterocycles. The molecule has 2 amide bonds. The number of likely N-dealkylation sites (tertiary alicyclic amines) is 1. The first-order valence-corrected chi connectivity index (χ1v) is 11.4. The van der Waals surface area contributed by atoms with Crippen LogP contribution in [0.4, 0.5) is 11.4 Å². The van der Waals surface area contributed by atoms with E-state index < -0.39 is 0 Å². The zero-order valence-corrected chi connectivity index (χ0v) is 19.5. The van der Waals surface area contributed by atoms with Crippen LogP contribution in [0.25, 0.3) is 5.69 Å². The van der Waals surface area contributed by atoms with Crippen molar-refractivity contribution in [1.82, 2.24) is 19.7 Å². The van der Waals surface area contributed by atoms with Crippen LogP contribution in [-0.2, 0) is 4.79 Å². The number of piperidine rings is 1. The first-order chi connectivity index (χ1) is 15.9. The second kappa shape index (κ2) is 10.0. The summed E-state index contributed by atoms with van der Waals surface area (Å²) in [5.41, 5.74) is 3.58. The molecule has 0 spiro atoms. The summed E-state index contributed by atoms with van der Waals surface area (Å²) in [5, 5.41) is 10.6. The largest absolute Gasteiger partial charge is 0.376 e. The number of aromatic nitrogens is 3. The minimum Gasteiger partial charge on any atom is -0.376 e. The SMILES string of the molecule is Cc1cc(C(=O)N2CCCCC2C)ccc1NCC(=O)Nc1cc(Cl)ccc1-n1cncn1. The molecule has 4 rings (SSSR count). The maximum absolute atomic E-state index is 12.9. The minimum absolute atomic E-state index is 0.0562. The first-order valence-electron chi connectivity index (χ1n) is 11.0. The Labute approximate surface area is 198 Å². The standard InChI is InChI=1S/C24H27ClN6O2/c1-16-11-18(24(33)30-10-4-3-5-17(30)2)6-8-20(16)27-13-23(32)29-21-12-19(25)7-9-22(21)31-15-26-14-28-31/h6-9,11-12,14-15,17,27H,3-5,10,13H2,1-2H3,(H,29,32). The highest BCUT2D eigenvalue weighted by Gasteiger charge is 2.24. The van der Waals surface area contributed by atoms with Gasteiger partial charge in [-0.15, -0.1) is 0 Å². The summed E-state index contributed by atoms with van der Waals surface area (Å²) in [6.07, 6.45) is 6.24. The van der Waals surface area contributed by atoms with Crippen LogP contribution >= 0.6 is 11.6 Å². The van der Waals surface area contributed by atoms with E-state index in [0.29, 0.717) is 22.0 Å². The van der Waals surface area contributed by atoms with Crippen molar-refractivity contribution < 1.29 is 9.59 Å². The molecule has 1 aliphatic rings.